The molecular weight excluding hydrogens is 234 g/mol. The summed E-state index contributed by atoms with van der Waals surface area (Å²) in [6, 6.07) is 9.59. The van der Waals surface area contributed by atoms with Crippen LogP contribution in [0.1, 0.15) is 42.5 Å². The number of ketones is 1. The van der Waals surface area contributed by atoms with E-state index in [1.165, 1.54) is 24.8 Å². The van der Waals surface area contributed by atoms with Crippen LogP contribution in [0, 0.1) is 0 Å². The molecule has 1 aliphatic rings. The molecule has 0 N–H and O–H groups in total. The summed E-state index contributed by atoms with van der Waals surface area (Å²) in [7, 11) is 0. The number of allylic oxidation sites excluding steroid dienone is 2. The van der Waals surface area contributed by atoms with E-state index in [1.54, 1.807) is 6.20 Å². The zero-order valence-corrected chi connectivity index (χ0v) is 10.9. The first-order valence-electron chi connectivity index (χ1n) is 6.92. The van der Waals surface area contributed by atoms with Gasteiger partial charge in [0.2, 0.25) is 0 Å². The zero-order chi connectivity index (χ0) is 13.1. The van der Waals surface area contributed by atoms with Gasteiger partial charge in [0.15, 0.2) is 5.78 Å². The molecule has 3 rings (SSSR count). The zero-order valence-electron chi connectivity index (χ0n) is 10.9. The van der Waals surface area contributed by atoms with Crippen LogP contribution in [0.3, 0.4) is 0 Å². The van der Waals surface area contributed by atoms with E-state index in [-0.39, 0.29) is 5.78 Å². The molecular formula is C17H17NO. The number of benzene rings is 1. The third-order valence-electron chi connectivity index (χ3n) is 3.74. The molecule has 0 atom stereocenters. The molecule has 2 heteroatoms. The van der Waals surface area contributed by atoms with E-state index < -0.39 is 0 Å². The molecule has 0 bridgehead atoms. The Morgan fingerprint density at radius 2 is 1.89 bits per heavy atom. The van der Waals surface area contributed by atoms with E-state index in [0.29, 0.717) is 0 Å². The van der Waals surface area contributed by atoms with Gasteiger partial charge in [-0.2, -0.15) is 0 Å². The Hall–Kier alpha value is -1.96. The highest BCUT2D eigenvalue weighted by atomic mass is 16.1. The van der Waals surface area contributed by atoms with Crippen molar-refractivity contribution in [3.05, 3.63) is 53.7 Å². The molecule has 1 aromatic heterocycles. The van der Waals surface area contributed by atoms with Gasteiger partial charge in [0.1, 0.15) is 0 Å². The Bertz CT molecular complexity index is 629. The summed E-state index contributed by atoms with van der Waals surface area (Å²) in [4.78, 5) is 16.7. The molecule has 2 aromatic rings. The highest BCUT2D eigenvalue weighted by Gasteiger charge is 2.11. The number of hydrogen-bond donors (Lipinski definition) is 0. The van der Waals surface area contributed by atoms with Crippen molar-refractivity contribution >= 4 is 16.7 Å². The maximum atomic E-state index is 12.4. The minimum Gasteiger partial charge on any atom is -0.289 e. The minimum absolute atomic E-state index is 0.121. The first-order chi connectivity index (χ1) is 9.34. The van der Waals surface area contributed by atoms with Gasteiger partial charge in [0.25, 0.3) is 0 Å². The lowest BCUT2D eigenvalue weighted by Crippen LogP contribution is -2.01. The van der Waals surface area contributed by atoms with Gasteiger partial charge in [0, 0.05) is 17.1 Å². The summed E-state index contributed by atoms with van der Waals surface area (Å²) < 4.78 is 0. The van der Waals surface area contributed by atoms with Crippen LogP contribution in [-0.4, -0.2) is 10.8 Å². The average molecular weight is 251 g/mol. The van der Waals surface area contributed by atoms with Crippen molar-refractivity contribution < 1.29 is 4.79 Å². The van der Waals surface area contributed by atoms with Crippen LogP contribution < -0.4 is 0 Å². The van der Waals surface area contributed by atoms with Gasteiger partial charge >= 0.3 is 0 Å². The van der Waals surface area contributed by atoms with E-state index in [4.69, 9.17) is 0 Å². The summed E-state index contributed by atoms with van der Waals surface area (Å²) >= 11 is 0. The number of carbonyl (C=O) groups is 1. The monoisotopic (exact) mass is 251 g/mol. The number of hydrogen-bond acceptors (Lipinski definition) is 2. The molecule has 1 aromatic carbocycles. The van der Waals surface area contributed by atoms with Gasteiger partial charge in [-0.3, -0.25) is 9.78 Å². The minimum atomic E-state index is 0.121. The summed E-state index contributed by atoms with van der Waals surface area (Å²) in [6.07, 6.45) is 9.50. The first-order valence-corrected chi connectivity index (χ1v) is 6.92. The van der Waals surface area contributed by atoms with Gasteiger partial charge in [0.05, 0.1) is 5.52 Å². The van der Waals surface area contributed by atoms with Crippen LogP contribution in [0.2, 0.25) is 0 Å². The van der Waals surface area contributed by atoms with Crippen molar-refractivity contribution in [1.29, 1.82) is 0 Å². The number of fused-ring (bicyclic) bond motifs is 1. The van der Waals surface area contributed by atoms with Crippen LogP contribution in [0.15, 0.2) is 48.2 Å². The molecule has 1 aliphatic carbocycles. The molecule has 19 heavy (non-hydrogen) atoms. The molecule has 0 radical (unpaired) electrons. The molecule has 0 amide bonds. The molecule has 1 saturated carbocycles. The van der Waals surface area contributed by atoms with E-state index in [2.05, 4.69) is 4.98 Å². The third kappa shape index (κ3) is 2.58. The number of carbonyl (C=O) groups excluding carboxylic acids is 1. The summed E-state index contributed by atoms with van der Waals surface area (Å²) in [6.45, 7) is 0. The Labute approximate surface area is 113 Å². The van der Waals surface area contributed by atoms with E-state index in [0.717, 1.165) is 29.3 Å². The number of aromatic nitrogens is 1. The molecule has 0 unspecified atom stereocenters. The Balaban J connectivity index is 1.97. The van der Waals surface area contributed by atoms with Crippen molar-refractivity contribution in [2.75, 3.05) is 0 Å². The Morgan fingerprint density at radius 3 is 2.74 bits per heavy atom. The second-order valence-corrected chi connectivity index (χ2v) is 5.10. The molecule has 0 saturated heterocycles. The van der Waals surface area contributed by atoms with Crippen molar-refractivity contribution in [3.63, 3.8) is 0 Å². The van der Waals surface area contributed by atoms with Gasteiger partial charge < -0.3 is 0 Å². The van der Waals surface area contributed by atoms with Crippen LogP contribution in [0.25, 0.3) is 10.9 Å². The summed E-state index contributed by atoms with van der Waals surface area (Å²) in [5.74, 6) is 0.121. The second-order valence-electron chi connectivity index (χ2n) is 5.10. The van der Waals surface area contributed by atoms with Gasteiger partial charge in [-0.25, -0.2) is 0 Å². The van der Waals surface area contributed by atoms with E-state index in [1.807, 2.05) is 36.4 Å². The maximum Gasteiger partial charge on any atom is 0.186 e. The Kier molecular flexibility index (Phi) is 3.41. The normalized spacial score (nSPS) is 15.5. The van der Waals surface area contributed by atoms with Gasteiger partial charge in [-0.15, -0.1) is 0 Å². The van der Waals surface area contributed by atoms with Crippen LogP contribution in [0.4, 0.5) is 0 Å². The smallest absolute Gasteiger partial charge is 0.186 e. The maximum absolute atomic E-state index is 12.4. The Morgan fingerprint density at radius 1 is 1.05 bits per heavy atom. The predicted octanol–water partition coefficient (Wildman–Crippen LogP) is 4.31. The molecule has 2 nitrogen and oxygen atoms in total. The highest BCUT2D eigenvalue weighted by molar-refractivity contribution is 6.13. The van der Waals surface area contributed by atoms with Gasteiger partial charge in [-0.1, -0.05) is 30.2 Å². The summed E-state index contributed by atoms with van der Waals surface area (Å²) in [5.41, 5.74) is 2.95. The first kappa shape index (κ1) is 12.1. The second kappa shape index (κ2) is 5.35. The van der Waals surface area contributed by atoms with Crippen molar-refractivity contribution in [1.82, 2.24) is 4.98 Å². The van der Waals surface area contributed by atoms with Gasteiger partial charge in [-0.05, 0) is 43.9 Å². The van der Waals surface area contributed by atoms with Crippen molar-refractivity contribution in [2.45, 2.75) is 32.1 Å². The fourth-order valence-corrected chi connectivity index (χ4v) is 2.73. The highest BCUT2D eigenvalue weighted by Crippen LogP contribution is 2.24. The predicted molar refractivity (Wildman–Crippen MR) is 77.2 cm³/mol. The largest absolute Gasteiger partial charge is 0.289 e. The van der Waals surface area contributed by atoms with E-state index >= 15 is 0 Å². The van der Waals surface area contributed by atoms with Crippen LogP contribution in [-0.2, 0) is 0 Å². The molecule has 1 heterocycles. The quantitative estimate of drug-likeness (QED) is 0.588. The van der Waals surface area contributed by atoms with Crippen molar-refractivity contribution in [2.24, 2.45) is 0 Å². The molecule has 0 aliphatic heterocycles. The summed E-state index contributed by atoms with van der Waals surface area (Å²) in [5, 5.41) is 0.947. The van der Waals surface area contributed by atoms with Crippen LogP contribution in [0.5, 0.6) is 0 Å². The SMILES string of the molecule is O=C(C=C1CCCCC1)c1cccc2ncccc12. The van der Waals surface area contributed by atoms with Crippen LogP contribution >= 0.6 is 0 Å². The topological polar surface area (TPSA) is 30.0 Å². The molecule has 0 spiro atoms. The number of rotatable bonds is 2. The van der Waals surface area contributed by atoms with E-state index in [9.17, 15) is 4.79 Å². The lowest BCUT2D eigenvalue weighted by atomic mass is 9.92. The van der Waals surface area contributed by atoms with Crippen molar-refractivity contribution in [3.8, 4) is 0 Å². The lowest BCUT2D eigenvalue weighted by Gasteiger charge is -2.13. The number of pyridine rings is 1. The standard InChI is InChI=1S/C17H17NO/c19-17(12-13-6-2-1-3-7-13)15-8-4-10-16-14(15)9-5-11-18-16/h4-5,8-12H,1-3,6-7H2. The fourth-order valence-electron chi connectivity index (χ4n) is 2.73. The lowest BCUT2D eigenvalue weighted by molar-refractivity contribution is 0.104. The average Bonchev–Trinajstić information content (AvgIpc) is 2.47. The fraction of sp³-hybridized carbons (Fsp3) is 0.294. The molecule has 1 fully saturated rings. The third-order valence-corrected chi connectivity index (χ3v) is 3.74. The molecule has 96 valence electrons. The number of nitrogens with zero attached hydrogens (tertiary/aromatic N) is 1.